The second-order valence-corrected chi connectivity index (χ2v) is 9.65. The number of nitrogens with zero attached hydrogens (tertiary/aromatic N) is 1. The van der Waals surface area contributed by atoms with Gasteiger partial charge in [0.1, 0.15) is 11.4 Å². The number of hydrogen-bond acceptors (Lipinski definition) is 4. The third-order valence-electron chi connectivity index (χ3n) is 4.81. The lowest BCUT2D eigenvalue weighted by Gasteiger charge is -2.36. The molecule has 1 heterocycles. The van der Waals surface area contributed by atoms with Crippen LogP contribution in [0.5, 0.6) is 5.75 Å². The zero-order chi connectivity index (χ0) is 20.6. The number of hydrogen-bond donors (Lipinski definition) is 2. The van der Waals surface area contributed by atoms with E-state index in [0.29, 0.717) is 6.54 Å². The van der Waals surface area contributed by atoms with Crippen molar-refractivity contribution in [1.82, 2.24) is 10.6 Å². The SMILES string of the molecule is CCNC(=NCc1ccc(C)cc1OC(C)(C)C)NCC1(SC)CCOCC1.I. The van der Waals surface area contributed by atoms with Crippen LogP contribution in [-0.2, 0) is 11.3 Å². The molecule has 2 rings (SSSR count). The molecule has 1 fully saturated rings. The van der Waals surface area contributed by atoms with E-state index in [1.807, 2.05) is 11.8 Å². The Kier molecular flexibility index (Phi) is 11.1. The number of aryl methyl sites for hydroxylation is 1. The average Bonchev–Trinajstić information content (AvgIpc) is 2.64. The second-order valence-electron chi connectivity index (χ2n) is 8.37. The first kappa shape index (κ1) is 26.4. The van der Waals surface area contributed by atoms with Crippen molar-refractivity contribution in [2.45, 2.75) is 64.4 Å². The molecule has 1 aromatic carbocycles. The van der Waals surface area contributed by atoms with E-state index >= 15 is 0 Å². The number of nitrogens with one attached hydrogen (secondary N) is 2. The minimum Gasteiger partial charge on any atom is -0.488 e. The van der Waals surface area contributed by atoms with E-state index in [9.17, 15) is 0 Å². The highest BCUT2D eigenvalue weighted by atomic mass is 127. The van der Waals surface area contributed by atoms with Gasteiger partial charge in [0.05, 0.1) is 6.54 Å². The Balaban J connectivity index is 0.00000420. The summed E-state index contributed by atoms with van der Waals surface area (Å²) in [5.74, 6) is 1.77. The Morgan fingerprint density at radius 2 is 1.93 bits per heavy atom. The first-order valence-corrected chi connectivity index (χ1v) is 11.4. The van der Waals surface area contributed by atoms with E-state index in [2.05, 4.69) is 69.7 Å². The highest BCUT2D eigenvalue weighted by Gasteiger charge is 2.31. The Morgan fingerprint density at radius 1 is 1.24 bits per heavy atom. The molecule has 0 atom stereocenters. The van der Waals surface area contributed by atoms with Crippen molar-refractivity contribution in [1.29, 1.82) is 0 Å². The van der Waals surface area contributed by atoms with Gasteiger partial charge in [-0.3, -0.25) is 0 Å². The summed E-state index contributed by atoms with van der Waals surface area (Å²) in [5.41, 5.74) is 2.06. The Morgan fingerprint density at radius 3 is 2.52 bits per heavy atom. The maximum atomic E-state index is 6.17. The molecule has 0 unspecified atom stereocenters. The summed E-state index contributed by atoms with van der Waals surface area (Å²) in [6.45, 7) is 14.4. The molecule has 5 nitrogen and oxygen atoms in total. The van der Waals surface area contributed by atoms with Crippen molar-refractivity contribution in [3.05, 3.63) is 29.3 Å². The van der Waals surface area contributed by atoms with Crippen LogP contribution in [-0.4, -0.2) is 48.9 Å². The number of guanidine groups is 1. The fourth-order valence-electron chi connectivity index (χ4n) is 3.16. The van der Waals surface area contributed by atoms with E-state index in [1.54, 1.807) is 0 Å². The van der Waals surface area contributed by atoms with E-state index in [-0.39, 0.29) is 34.3 Å². The van der Waals surface area contributed by atoms with Gasteiger partial charge in [-0.2, -0.15) is 11.8 Å². The van der Waals surface area contributed by atoms with Crippen LogP contribution < -0.4 is 15.4 Å². The van der Waals surface area contributed by atoms with Gasteiger partial charge in [0.25, 0.3) is 0 Å². The van der Waals surface area contributed by atoms with Crippen LogP contribution in [0.3, 0.4) is 0 Å². The molecule has 1 aromatic rings. The van der Waals surface area contributed by atoms with Crippen LogP contribution in [0.2, 0.25) is 0 Å². The summed E-state index contributed by atoms with van der Waals surface area (Å²) >= 11 is 1.93. The molecule has 0 bridgehead atoms. The predicted octanol–water partition coefficient (Wildman–Crippen LogP) is 4.76. The summed E-state index contributed by atoms with van der Waals surface area (Å²) in [4.78, 5) is 4.83. The molecule has 1 aliphatic rings. The summed E-state index contributed by atoms with van der Waals surface area (Å²) in [5, 5.41) is 6.92. The smallest absolute Gasteiger partial charge is 0.191 e. The summed E-state index contributed by atoms with van der Waals surface area (Å²) in [6.07, 6.45) is 4.34. The predicted molar refractivity (Wildman–Crippen MR) is 136 cm³/mol. The minimum atomic E-state index is -0.233. The maximum Gasteiger partial charge on any atom is 0.191 e. The molecule has 0 amide bonds. The number of thioether (sulfide) groups is 1. The van der Waals surface area contributed by atoms with Gasteiger partial charge in [0.15, 0.2) is 5.96 Å². The number of aliphatic imine (C=N–C) groups is 1. The van der Waals surface area contributed by atoms with Crippen LogP contribution in [0.1, 0.15) is 51.7 Å². The minimum absolute atomic E-state index is 0. The first-order chi connectivity index (χ1) is 13.3. The Hall–Kier alpha value is -0.670. The standard InChI is InChI=1S/C22H37N3O2S.HI/c1-7-23-20(25-16-22(28-6)10-12-26-13-11-22)24-15-18-9-8-17(2)14-19(18)27-21(3,4)5;/h8-9,14H,7,10-13,15-16H2,1-6H3,(H2,23,24,25);1H. The fourth-order valence-corrected chi connectivity index (χ4v) is 3.96. The van der Waals surface area contributed by atoms with Gasteiger partial charge >= 0.3 is 0 Å². The zero-order valence-electron chi connectivity index (χ0n) is 18.8. The van der Waals surface area contributed by atoms with Crippen molar-refractivity contribution in [3.8, 4) is 5.75 Å². The van der Waals surface area contributed by atoms with Crippen molar-refractivity contribution in [3.63, 3.8) is 0 Å². The summed E-state index contributed by atoms with van der Waals surface area (Å²) in [6, 6.07) is 6.33. The van der Waals surface area contributed by atoms with Gasteiger partial charge in [-0.1, -0.05) is 12.1 Å². The van der Waals surface area contributed by atoms with Crippen LogP contribution >= 0.6 is 35.7 Å². The van der Waals surface area contributed by atoms with Crippen molar-refractivity contribution in [2.24, 2.45) is 4.99 Å². The largest absolute Gasteiger partial charge is 0.488 e. The Labute approximate surface area is 198 Å². The summed E-state index contributed by atoms with van der Waals surface area (Å²) in [7, 11) is 0. The van der Waals surface area contributed by atoms with Crippen LogP contribution in [0.15, 0.2) is 23.2 Å². The van der Waals surface area contributed by atoms with E-state index in [0.717, 1.165) is 56.4 Å². The summed E-state index contributed by atoms with van der Waals surface area (Å²) < 4.78 is 11.9. The third-order valence-corrected chi connectivity index (χ3v) is 6.22. The maximum absolute atomic E-state index is 6.17. The fraction of sp³-hybridized carbons (Fsp3) is 0.682. The van der Waals surface area contributed by atoms with E-state index in [1.165, 1.54) is 5.56 Å². The third kappa shape index (κ3) is 8.92. The van der Waals surface area contributed by atoms with Gasteiger partial charge < -0.3 is 20.1 Å². The lowest BCUT2D eigenvalue weighted by Crippen LogP contribution is -2.47. The molecule has 0 saturated carbocycles. The highest BCUT2D eigenvalue weighted by Crippen LogP contribution is 2.33. The van der Waals surface area contributed by atoms with Crippen molar-refractivity contribution >= 4 is 41.7 Å². The van der Waals surface area contributed by atoms with Gasteiger partial charge in [-0.15, -0.1) is 24.0 Å². The highest BCUT2D eigenvalue weighted by molar-refractivity contribution is 14.0. The molecule has 0 radical (unpaired) electrons. The number of benzene rings is 1. The number of halogens is 1. The van der Waals surface area contributed by atoms with Crippen LogP contribution in [0.25, 0.3) is 0 Å². The van der Waals surface area contributed by atoms with Crippen LogP contribution in [0, 0.1) is 6.92 Å². The Bertz CT molecular complexity index is 656. The second kappa shape index (κ2) is 12.2. The lowest BCUT2D eigenvalue weighted by atomic mass is 9.99. The van der Waals surface area contributed by atoms with Gasteiger partial charge in [-0.25, -0.2) is 4.99 Å². The van der Waals surface area contributed by atoms with E-state index < -0.39 is 0 Å². The molecule has 0 aliphatic carbocycles. The number of ether oxygens (including phenoxy) is 2. The van der Waals surface area contributed by atoms with Gasteiger partial charge in [0.2, 0.25) is 0 Å². The average molecular weight is 536 g/mol. The topological polar surface area (TPSA) is 54.9 Å². The lowest BCUT2D eigenvalue weighted by molar-refractivity contribution is 0.0783. The quantitative estimate of drug-likeness (QED) is 0.300. The zero-order valence-corrected chi connectivity index (χ0v) is 21.9. The van der Waals surface area contributed by atoms with Gasteiger partial charge in [-0.05, 0) is 65.3 Å². The van der Waals surface area contributed by atoms with Gasteiger partial charge in [0, 0.05) is 36.6 Å². The molecule has 7 heteroatoms. The van der Waals surface area contributed by atoms with Crippen molar-refractivity contribution < 1.29 is 9.47 Å². The van der Waals surface area contributed by atoms with Crippen molar-refractivity contribution in [2.75, 3.05) is 32.6 Å². The molecule has 0 aromatic heterocycles. The van der Waals surface area contributed by atoms with Crippen LogP contribution in [0.4, 0.5) is 0 Å². The molecular formula is C22H38IN3O2S. The molecule has 29 heavy (non-hydrogen) atoms. The number of rotatable bonds is 7. The molecule has 1 aliphatic heterocycles. The first-order valence-electron chi connectivity index (χ1n) is 10.2. The molecular weight excluding hydrogens is 497 g/mol. The molecule has 1 saturated heterocycles. The monoisotopic (exact) mass is 535 g/mol. The normalized spacial score (nSPS) is 16.7. The van der Waals surface area contributed by atoms with E-state index in [4.69, 9.17) is 14.5 Å². The molecule has 166 valence electrons. The molecule has 2 N–H and O–H groups in total. The molecule has 0 spiro atoms.